The summed E-state index contributed by atoms with van der Waals surface area (Å²) >= 11 is 6.08. The molecular formula is C26H31ClN4O3S. The molecule has 0 radical (unpaired) electrons. The van der Waals surface area contributed by atoms with Crippen molar-refractivity contribution in [1.82, 2.24) is 9.97 Å². The Morgan fingerprint density at radius 1 is 1.06 bits per heavy atom. The minimum Gasteiger partial charge on any atom is -0.481 e. The number of pyridine rings is 2. The molecule has 3 aromatic rings. The number of hydrogen-bond acceptors (Lipinski definition) is 7. The molecule has 0 saturated heterocycles. The van der Waals surface area contributed by atoms with Crippen LogP contribution >= 0.6 is 11.6 Å². The molecule has 1 aliphatic carbocycles. The predicted octanol–water partition coefficient (Wildman–Crippen LogP) is 4.58. The van der Waals surface area contributed by atoms with E-state index in [1.54, 1.807) is 31.4 Å². The molecule has 0 bridgehead atoms. The smallest absolute Gasteiger partial charge is 0.216 e. The predicted molar refractivity (Wildman–Crippen MR) is 139 cm³/mol. The van der Waals surface area contributed by atoms with E-state index in [-0.39, 0.29) is 15.7 Å². The van der Waals surface area contributed by atoms with Gasteiger partial charge in [0.25, 0.3) is 0 Å². The standard InChI is InChI=1S/C26H31ClN4O3S/c1-34-26-19(9-12-22(31-26)17-35(32,33)24-5-3-2-4-23(24)27)8-6-18-7-15-25(29-16-18)30-21-13-10-20(28)11-14-21/h2-5,7,9,12,15-16,20-21H,6,8,10-11,13-14,17,28H2,1H3,(H,29,30). The lowest BCUT2D eigenvalue weighted by molar-refractivity contribution is 0.391. The van der Waals surface area contributed by atoms with Crippen molar-refractivity contribution in [3.8, 4) is 5.88 Å². The molecule has 2 aromatic heterocycles. The van der Waals surface area contributed by atoms with E-state index in [1.165, 1.54) is 6.07 Å². The molecule has 2 heterocycles. The van der Waals surface area contributed by atoms with Crippen molar-refractivity contribution in [1.29, 1.82) is 0 Å². The number of nitrogens with zero attached hydrogens (tertiary/aromatic N) is 2. The molecule has 1 aliphatic rings. The van der Waals surface area contributed by atoms with Crippen LogP contribution in [0.3, 0.4) is 0 Å². The lowest BCUT2D eigenvalue weighted by Crippen LogP contribution is -2.32. The van der Waals surface area contributed by atoms with E-state index in [2.05, 4.69) is 21.4 Å². The Morgan fingerprint density at radius 3 is 2.51 bits per heavy atom. The summed E-state index contributed by atoms with van der Waals surface area (Å²) in [5.74, 6) is 1.06. The Kier molecular flexibility index (Phi) is 8.26. The second kappa shape index (κ2) is 11.4. The van der Waals surface area contributed by atoms with Crippen LogP contribution in [0.25, 0.3) is 0 Å². The molecule has 9 heteroatoms. The number of halogens is 1. The van der Waals surface area contributed by atoms with Gasteiger partial charge >= 0.3 is 0 Å². The highest BCUT2D eigenvalue weighted by molar-refractivity contribution is 7.90. The maximum absolute atomic E-state index is 12.8. The van der Waals surface area contributed by atoms with Crippen LogP contribution in [0.5, 0.6) is 5.88 Å². The summed E-state index contributed by atoms with van der Waals surface area (Å²) in [5.41, 5.74) is 8.41. The van der Waals surface area contributed by atoms with Gasteiger partial charge in [0.1, 0.15) is 5.82 Å². The largest absolute Gasteiger partial charge is 0.481 e. The summed E-state index contributed by atoms with van der Waals surface area (Å²) in [7, 11) is -2.09. The van der Waals surface area contributed by atoms with Gasteiger partial charge in [0.05, 0.1) is 28.5 Å². The van der Waals surface area contributed by atoms with E-state index in [0.717, 1.165) is 49.0 Å². The Hall–Kier alpha value is -2.68. The third kappa shape index (κ3) is 6.72. The van der Waals surface area contributed by atoms with E-state index < -0.39 is 9.84 Å². The zero-order valence-electron chi connectivity index (χ0n) is 19.8. The van der Waals surface area contributed by atoms with Gasteiger partial charge in [0.2, 0.25) is 5.88 Å². The average molecular weight is 515 g/mol. The first-order chi connectivity index (χ1) is 16.8. The van der Waals surface area contributed by atoms with Crippen LogP contribution in [0.1, 0.15) is 42.5 Å². The molecule has 0 atom stereocenters. The molecule has 1 fully saturated rings. The Bertz CT molecular complexity index is 1240. The van der Waals surface area contributed by atoms with Gasteiger partial charge in [0.15, 0.2) is 9.84 Å². The monoisotopic (exact) mass is 514 g/mol. The number of sulfone groups is 1. The van der Waals surface area contributed by atoms with Crippen LogP contribution in [-0.2, 0) is 28.4 Å². The van der Waals surface area contributed by atoms with Crippen molar-refractivity contribution >= 4 is 27.3 Å². The van der Waals surface area contributed by atoms with Crippen molar-refractivity contribution < 1.29 is 13.2 Å². The molecular weight excluding hydrogens is 484 g/mol. The minimum absolute atomic E-state index is 0.101. The van der Waals surface area contributed by atoms with Crippen molar-refractivity contribution in [3.05, 3.63) is 76.6 Å². The highest BCUT2D eigenvalue weighted by Gasteiger charge is 2.21. The highest BCUT2D eigenvalue weighted by atomic mass is 35.5. The van der Waals surface area contributed by atoms with E-state index in [9.17, 15) is 8.42 Å². The van der Waals surface area contributed by atoms with E-state index >= 15 is 0 Å². The van der Waals surface area contributed by atoms with Gasteiger partial charge in [-0.15, -0.1) is 0 Å². The molecule has 1 aromatic carbocycles. The maximum Gasteiger partial charge on any atom is 0.216 e. The number of rotatable bonds is 9. The van der Waals surface area contributed by atoms with Crippen molar-refractivity contribution in [3.63, 3.8) is 0 Å². The fourth-order valence-corrected chi connectivity index (χ4v) is 6.18. The number of aromatic nitrogens is 2. The normalized spacial score (nSPS) is 18.3. The van der Waals surface area contributed by atoms with Crippen LogP contribution in [-0.4, -0.2) is 37.6 Å². The molecule has 0 aliphatic heterocycles. The van der Waals surface area contributed by atoms with Crippen molar-refractivity contribution in [2.45, 2.75) is 61.3 Å². The van der Waals surface area contributed by atoms with Gasteiger partial charge < -0.3 is 15.8 Å². The quantitative estimate of drug-likeness (QED) is 0.430. The zero-order chi connectivity index (χ0) is 24.8. The molecule has 3 N–H and O–H groups in total. The Morgan fingerprint density at radius 2 is 1.83 bits per heavy atom. The van der Waals surface area contributed by atoms with Gasteiger partial charge in [-0.3, -0.25) is 0 Å². The van der Waals surface area contributed by atoms with Crippen molar-refractivity contribution in [2.24, 2.45) is 5.73 Å². The van der Waals surface area contributed by atoms with Gasteiger partial charge in [-0.1, -0.05) is 35.9 Å². The van der Waals surface area contributed by atoms with Crippen LogP contribution < -0.4 is 15.8 Å². The second-order valence-corrected chi connectivity index (χ2v) is 11.3. The first-order valence-electron chi connectivity index (χ1n) is 11.8. The lowest BCUT2D eigenvalue weighted by atomic mass is 9.92. The highest BCUT2D eigenvalue weighted by Crippen LogP contribution is 2.26. The summed E-state index contributed by atoms with van der Waals surface area (Å²) in [6.07, 6.45) is 7.61. The number of methoxy groups -OCH3 is 1. The molecule has 4 rings (SSSR count). The Labute approximate surface area is 212 Å². The topological polar surface area (TPSA) is 107 Å². The van der Waals surface area contributed by atoms with E-state index in [4.69, 9.17) is 22.1 Å². The van der Waals surface area contributed by atoms with Gasteiger partial charge in [-0.05, 0) is 68.4 Å². The van der Waals surface area contributed by atoms with Crippen LogP contribution in [0, 0.1) is 0 Å². The Balaban J connectivity index is 1.37. The van der Waals surface area contributed by atoms with E-state index in [1.807, 2.05) is 18.3 Å². The van der Waals surface area contributed by atoms with Crippen molar-refractivity contribution in [2.75, 3.05) is 12.4 Å². The molecule has 0 spiro atoms. The molecule has 1 saturated carbocycles. The summed E-state index contributed by atoms with van der Waals surface area (Å²) in [5, 5.41) is 3.71. The lowest BCUT2D eigenvalue weighted by Gasteiger charge is -2.27. The van der Waals surface area contributed by atoms with Crippen LogP contribution in [0.2, 0.25) is 5.02 Å². The average Bonchev–Trinajstić information content (AvgIpc) is 2.85. The summed E-state index contributed by atoms with van der Waals surface area (Å²) < 4.78 is 31.1. The summed E-state index contributed by atoms with van der Waals surface area (Å²) in [6.45, 7) is 0. The summed E-state index contributed by atoms with van der Waals surface area (Å²) in [4.78, 5) is 9.12. The molecule has 7 nitrogen and oxygen atoms in total. The van der Waals surface area contributed by atoms with Crippen LogP contribution in [0.15, 0.2) is 59.6 Å². The maximum atomic E-state index is 12.8. The number of ether oxygens (including phenoxy) is 1. The number of nitrogens with two attached hydrogens (primary N) is 1. The number of hydrogen-bond donors (Lipinski definition) is 2. The number of benzene rings is 1. The SMILES string of the molecule is COc1nc(CS(=O)(=O)c2ccccc2Cl)ccc1CCc1ccc(NC2CCC(N)CC2)nc1. The zero-order valence-corrected chi connectivity index (χ0v) is 21.4. The number of nitrogens with one attached hydrogen (secondary N) is 1. The third-order valence-electron chi connectivity index (χ3n) is 6.33. The molecule has 0 unspecified atom stereocenters. The first kappa shape index (κ1) is 25.4. The minimum atomic E-state index is -3.63. The van der Waals surface area contributed by atoms with Gasteiger partial charge in [0, 0.05) is 23.8 Å². The van der Waals surface area contributed by atoms with Gasteiger partial charge in [-0.2, -0.15) is 0 Å². The molecule has 186 valence electrons. The molecule has 35 heavy (non-hydrogen) atoms. The first-order valence-corrected chi connectivity index (χ1v) is 13.8. The number of anilines is 1. The summed E-state index contributed by atoms with van der Waals surface area (Å²) in [6, 6.07) is 14.9. The number of aryl methyl sites for hydroxylation is 2. The second-order valence-electron chi connectivity index (χ2n) is 8.97. The third-order valence-corrected chi connectivity index (χ3v) is 8.47. The van der Waals surface area contributed by atoms with Crippen LogP contribution in [0.4, 0.5) is 5.82 Å². The fraction of sp³-hybridized carbons (Fsp3) is 0.385. The van der Waals surface area contributed by atoms with E-state index in [0.29, 0.717) is 30.1 Å². The molecule has 0 amide bonds. The fourth-order valence-electron chi connectivity index (χ4n) is 4.33. The van der Waals surface area contributed by atoms with Gasteiger partial charge in [-0.25, -0.2) is 18.4 Å².